The van der Waals surface area contributed by atoms with Crippen molar-refractivity contribution in [3.63, 3.8) is 0 Å². The van der Waals surface area contributed by atoms with Crippen LogP contribution in [0.25, 0.3) is 0 Å². The van der Waals surface area contributed by atoms with Gasteiger partial charge in [-0.15, -0.1) is 0 Å². The van der Waals surface area contributed by atoms with Crippen LogP contribution in [0.15, 0.2) is 12.3 Å². The number of aromatic nitrogens is 2. The average Bonchev–Trinajstić information content (AvgIpc) is 2.94. The number of hydrogen-bond acceptors (Lipinski definition) is 5. The summed E-state index contributed by atoms with van der Waals surface area (Å²) in [6.07, 6.45) is 4.46. The normalized spacial score (nSPS) is 20.9. The van der Waals surface area contributed by atoms with Gasteiger partial charge in [0.25, 0.3) is 0 Å². The van der Waals surface area contributed by atoms with E-state index in [2.05, 4.69) is 20.1 Å². The lowest BCUT2D eigenvalue weighted by atomic mass is 10.4. The maximum absolute atomic E-state index is 4.69. The van der Waals surface area contributed by atoms with Crippen LogP contribution in [0.4, 0.5) is 11.8 Å². The average molecular weight is 233 g/mol. The maximum atomic E-state index is 4.69. The predicted octanol–water partition coefficient (Wildman–Crippen LogP) is 0.486. The van der Waals surface area contributed by atoms with Gasteiger partial charge in [-0.1, -0.05) is 0 Å². The minimum absolute atomic E-state index is 0.885. The van der Waals surface area contributed by atoms with Crippen LogP contribution in [0.2, 0.25) is 0 Å². The molecule has 0 aromatic carbocycles. The van der Waals surface area contributed by atoms with Gasteiger partial charge in [-0.25, -0.2) is 4.98 Å². The van der Waals surface area contributed by atoms with E-state index in [1.807, 2.05) is 12.3 Å². The van der Waals surface area contributed by atoms with Gasteiger partial charge in [-0.2, -0.15) is 4.98 Å². The topological polar surface area (TPSA) is 44.3 Å². The van der Waals surface area contributed by atoms with E-state index in [1.165, 1.54) is 12.8 Å². The summed E-state index contributed by atoms with van der Waals surface area (Å²) in [5, 5.41) is 3.35. The monoisotopic (exact) mass is 233 g/mol. The Morgan fingerprint density at radius 3 is 2.53 bits per heavy atom. The third-order valence-electron chi connectivity index (χ3n) is 3.46. The number of rotatable bonds is 2. The largest absolute Gasteiger partial charge is 0.356 e. The van der Waals surface area contributed by atoms with Crippen molar-refractivity contribution in [2.75, 3.05) is 49.1 Å². The van der Waals surface area contributed by atoms with E-state index in [-0.39, 0.29) is 0 Å². The summed E-state index contributed by atoms with van der Waals surface area (Å²) in [5.74, 6) is 1.97. The third-order valence-corrected chi connectivity index (χ3v) is 3.46. The summed E-state index contributed by atoms with van der Waals surface area (Å²) in [5.41, 5.74) is 0. The molecule has 0 aliphatic carbocycles. The second kappa shape index (κ2) is 4.87. The molecule has 0 radical (unpaired) electrons. The van der Waals surface area contributed by atoms with E-state index in [4.69, 9.17) is 4.98 Å². The Kier molecular flexibility index (Phi) is 3.09. The van der Waals surface area contributed by atoms with Crippen LogP contribution < -0.4 is 15.1 Å². The van der Waals surface area contributed by atoms with Crippen LogP contribution >= 0.6 is 0 Å². The summed E-state index contributed by atoms with van der Waals surface area (Å²) in [6, 6.07) is 2.02. The molecule has 0 unspecified atom stereocenters. The van der Waals surface area contributed by atoms with Crippen LogP contribution in [0.5, 0.6) is 0 Å². The first-order chi connectivity index (χ1) is 8.43. The van der Waals surface area contributed by atoms with Crippen molar-refractivity contribution in [3.05, 3.63) is 12.3 Å². The fraction of sp³-hybridized carbons (Fsp3) is 0.667. The molecule has 1 N–H and O–H groups in total. The van der Waals surface area contributed by atoms with Crippen LogP contribution in [-0.2, 0) is 0 Å². The number of nitrogens with one attached hydrogen (secondary N) is 1. The van der Waals surface area contributed by atoms with Crippen molar-refractivity contribution in [2.24, 2.45) is 0 Å². The van der Waals surface area contributed by atoms with Crippen molar-refractivity contribution in [1.29, 1.82) is 0 Å². The van der Waals surface area contributed by atoms with E-state index in [0.717, 1.165) is 51.0 Å². The van der Waals surface area contributed by atoms with Crippen molar-refractivity contribution < 1.29 is 0 Å². The van der Waals surface area contributed by atoms with Crippen molar-refractivity contribution in [1.82, 2.24) is 15.3 Å². The smallest absolute Gasteiger partial charge is 0.227 e. The van der Waals surface area contributed by atoms with Crippen LogP contribution in [0, 0.1) is 0 Å². The second-order valence-corrected chi connectivity index (χ2v) is 4.65. The first-order valence-corrected chi connectivity index (χ1v) is 6.47. The Labute approximate surface area is 102 Å². The summed E-state index contributed by atoms with van der Waals surface area (Å²) in [7, 11) is 0. The standard InChI is InChI=1S/C12H19N5/c1-2-8-16(7-1)11-3-4-14-12(15-11)17-9-5-13-6-10-17/h3-4,13H,1-2,5-10H2. The summed E-state index contributed by atoms with van der Waals surface area (Å²) in [4.78, 5) is 13.7. The number of anilines is 2. The Morgan fingerprint density at radius 1 is 1.00 bits per heavy atom. The zero-order valence-corrected chi connectivity index (χ0v) is 10.1. The zero-order valence-electron chi connectivity index (χ0n) is 10.1. The molecule has 0 saturated carbocycles. The second-order valence-electron chi connectivity index (χ2n) is 4.65. The first-order valence-electron chi connectivity index (χ1n) is 6.47. The quantitative estimate of drug-likeness (QED) is 0.805. The van der Waals surface area contributed by atoms with Gasteiger partial charge in [0.1, 0.15) is 5.82 Å². The minimum Gasteiger partial charge on any atom is -0.356 e. The van der Waals surface area contributed by atoms with Gasteiger partial charge < -0.3 is 15.1 Å². The highest BCUT2D eigenvalue weighted by atomic mass is 15.3. The highest BCUT2D eigenvalue weighted by Gasteiger charge is 2.17. The third kappa shape index (κ3) is 2.34. The molecule has 92 valence electrons. The molecule has 2 aliphatic rings. The number of nitrogens with zero attached hydrogens (tertiary/aromatic N) is 4. The molecule has 5 nitrogen and oxygen atoms in total. The molecule has 1 aromatic heterocycles. The lowest BCUT2D eigenvalue weighted by Gasteiger charge is -2.28. The van der Waals surface area contributed by atoms with E-state index in [1.54, 1.807) is 0 Å². The van der Waals surface area contributed by atoms with Crippen molar-refractivity contribution in [3.8, 4) is 0 Å². The number of hydrogen-bond donors (Lipinski definition) is 1. The molecule has 2 aliphatic heterocycles. The van der Waals surface area contributed by atoms with Crippen molar-refractivity contribution >= 4 is 11.8 Å². The molecule has 17 heavy (non-hydrogen) atoms. The predicted molar refractivity (Wildman–Crippen MR) is 68.6 cm³/mol. The lowest BCUT2D eigenvalue weighted by molar-refractivity contribution is 0.579. The van der Waals surface area contributed by atoms with Gasteiger partial charge in [0.15, 0.2) is 0 Å². The van der Waals surface area contributed by atoms with E-state index in [9.17, 15) is 0 Å². The molecular weight excluding hydrogens is 214 g/mol. The molecule has 1 aromatic rings. The molecule has 0 amide bonds. The van der Waals surface area contributed by atoms with Gasteiger partial charge in [0.2, 0.25) is 5.95 Å². The minimum atomic E-state index is 0.885. The summed E-state index contributed by atoms with van der Waals surface area (Å²) >= 11 is 0. The summed E-state index contributed by atoms with van der Waals surface area (Å²) in [6.45, 7) is 6.33. The molecule has 0 bridgehead atoms. The highest BCUT2D eigenvalue weighted by molar-refractivity contribution is 5.44. The van der Waals surface area contributed by atoms with Gasteiger partial charge >= 0.3 is 0 Å². The molecule has 0 atom stereocenters. The summed E-state index contributed by atoms with van der Waals surface area (Å²) < 4.78 is 0. The molecule has 3 heterocycles. The maximum Gasteiger partial charge on any atom is 0.227 e. The Bertz CT molecular complexity index is 369. The Balaban J connectivity index is 1.77. The first kappa shape index (κ1) is 10.8. The van der Waals surface area contributed by atoms with Gasteiger partial charge in [-0.05, 0) is 18.9 Å². The van der Waals surface area contributed by atoms with E-state index < -0.39 is 0 Å². The highest BCUT2D eigenvalue weighted by Crippen LogP contribution is 2.19. The molecule has 2 fully saturated rings. The van der Waals surface area contributed by atoms with E-state index >= 15 is 0 Å². The van der Waals surface area contributed by atoms with Crippen LogP contribution in [-0.4, -0.2) is 49.2 Å². The zero-order chi connectivity index (χ0) is 11.5. The number of piperazine rings is 1. The fourth-order valence-corrected chi connectivity index (χ4v) is 2.48. The van der Waals surface area contributed by atoms with E-state index in [0.29, 0.717) is 0 Å². The van der Waals surface area contributed by atoms with Gasteiger partial charge in [-0.3, -0.25) is 0 Å². The Hall–Kier alpha value is -1.36. The Morgan fingerprint density at radius 2 is 1.76 bits per heavy atom. The molecule has 2 saturated heterocycles. The van der Waals surface area contributed by atoms with Gasteiger partial charge in [0.05, 0.1) is 0 Å². The molecular formula is C12H19N5. The molecule has 5 heteroatoms. The van der Waals surface area contributed by atoms with Crippen LogP contribution in [0.1, 0.15) is 12.8 Å². The molecule has 3 rings (SSSR count). The van der Waals surface area contributed by atoms with Gasteiger partial charge in [0, 0.05) is 45.5 Å². The lowest BCUT2D eigenvalue weighted by Crippen LogP contribution is -2.44. The SMILES string of the molecule is c1cc(N2CCCC2)nc(N2CCNCC2)n1. The van der Waals surface area contributed by atoms with Crippen LogP contribution in [0.3, 0.4) is 0 Å². The van der Waals surface area contributed by atoms with Crippen molar-refractivity contribution in [2.45, 2.75) is 12.8 Å². The fourth-order valence-electron chi connectivity index (χ4n) is 2.48. The molecule has 0 spiro atoms.